The van der Waals surface area contributed by atoms with Crippen molar-refractivity contribution in [1.82, 2.24) is 4.90 Å². The third-order valence-corrected chi connectivity index (χ3v) is 3.93. The van der Waals surface area contributed by atoms with Crippen LogP contribution in [0.4, 0.5) is 0 Å². The molecule has 2 rings (SSSR count). The van der Waals surface area contributed by atoms with Gasteiger partial charge in [0.1, 0.15) is 5.41 Å². The van der Waals surface area contributed by atoms with Crippen molar-refractivity contribution in [2.24, 2.45) is 11.3 Å². The number of likely N-dealkylation sites (tertiary alicyclic amines) is 1. The molecule has 1 amide bonds. The van der Waals surface area contributed by atoms with Gasteiger partial charge < -0.3 is 14.7 Å². The third kappa shape index (κ3) is 2.51. The maximum atomic E-state index is 12.2. The lowest BCUT2D eigenvalue weighted by Gasteiger charge is -2.34. The highest BCUT2D eigenvalue weighted by Gasteiger charge is 2.58. The van der Waals surface area contributed by atoms with E-state index in [1.807, 2.05) is 6.92 Å². The molecule has 0 bridgehead atoms. The second kappa shape index (κ2) is 5.26. The molecule has 0 aromatic rings. The summed E-state index contributed by atoms with van der Waals surface area (Å²) in [6, 6.07) is 0. The Balaban J connectivity index is 1.92. The van der Waals surface area contributed by atoms with Gasteiger partial charge in [0.2, 0.25) is 5.91 Å². The molecule has 2 fully saturated rings. The number of carboxylic acids is 1. The Bertz CT molecular complexity index is 338. The van der Waals surface area contributed by atoms with E-state index in [0.717, 1.165) is 12.8 Å². The van der Waals surface area contributed by atoms with Crippen LogP contribution in [-0.2, 0) is 14.3 Å². The molecular weight excluding hydrogens is 234 g/mol. The summed E-state index contributed by atoms with van der Waals surface area (Å²) < 4.78 is 5.40. The fourth-order valence-electron chi connectivity index (χ4n) is 2.62. The zero-order valence-corrected chi connectivity index (χ0v) is 10.9. The van der Waals surface area contributed by atoms with Crippen molar-refractivity contribution < 1.29 is 19.4 Å². The number of nitrogens with zero attached hydrogens (tertiary/aromatic N) is 1. The van der Waals surface area contributed by atoms with E-state index in [9.17, 15) is 9.59 Å². The summed E-state index contributed by atoms with van der Waals surface area (Å²) in [4.78, 5) is 25.1. The Hall–Kier alpha value is -1.10. The molecule has 102 valence electrons. The van der Waals surface area contributed by atoms with Crippen LogP contribution in [0.25, 0.3) is 0 Å². The SMILES string of the molecule is CCOC[C@@H]1CCCN(C(=O)C2(C(=O)O)CC2)C1. The Morgan fingerprint density at radius 2 is 2.17 bits per heavy atom. The fraction of sp³-hybridized carbons (Fsp3) is 0.846. The van der Waals surface area contributed by atoms with Crippen LogP contribution in [-0.4, -0.2) is 48.2 Å². The van der Waals surface area contributed by atoms with E-state index >= 15 is 0 Å². The van der Waals surface area contributed by atoms with Gasteiger partial charge in [-0.3, -0.25) is 9.59 Å². The Morgan fingerprint density at radius 3 is 2.72 bits per heavy atom. The zero-order chi connectivity index (χ0) is 13.2. The number of carbonyl (C=O) groups is 2. The van der Waals surface area contributed by atoms with E-state index in [0.29, 0.717) is 45.1 Å². The van der Waals surface area contributed by atoms with E-state index in [2.05, 4.69) is 0 Å². The molecule has 1 aliphatic heterocycles. The molecule has 5 nitrogen and oxygen atoms in total. The highest BCUT2D eigenvalue weighted by Crippen LogP contribution is 2.47. The molecule has 0 unspecified atom stereocenters. The van der Waals surface area contributed by atoms with Crippen LogP contribution in [0.1, 0.15) is 32.6 Å². The lowest BCUT2D eigenvalue weighted by atomic mass is 9.96. The second-order valence-corrected chi connectivity index (χ2v) is 5.31. The minimum absolute atomic E-state index is 0.184. The number of piperidine rings is 1. The average molecular weight is 255 g/mol. The topological polar surface area (TPSA) is 66.8 Å². The van der Waals surface area contributed by atoms with Gasteiger partial charge in [-0.25, -0.2) is 0 Å². The van der Waals surface area contributed by atoms with E-state index in [1.54, 1.807) is 4.90 Å². The highest BCUT2D eigenvalue weighted by molar-refractivity contribution is 6.04. The molecular formula is C13H21NO4. The van der Waals surface area contributed by atoms with Crippen LogP contribution < -0.4 is 0 Å². The van der Waals surface area contributed by atoms with E-state index in [-0.39, 0.29) is 5.91 Å². The molecule has 0 radical (unpaired) electrons. The number of hydrogen-bond donors (Lipinski definition) is 1. The minimum atomic E-state index is -1.09. The second-order valence-electron chi connectivity index (χ2n) is 5.31. The molecule has 5 heteroatoms. The normalized spacial score (nSPS) is 25.8. The summed E-state index contributed by atoms with van der Waals surface area (Å²) in [5, 5.41) is 9.14. The van der Waals surface area contributed by atoms with Crippen molar-refractivity contribution in [3.8, 4) is 0 Å². The Kier molecular flexibility index (Phi) is 3.90. The maximum absolute atomic E-state index is 12.2. The van der Waals surface area contributed by atoms with Crippen molar-refractivity contribution in [2.75, 3.05) is 26.3 Å². The van der Waals surface area contributed by atoms with Gasteiger partial charge in [0, 0.05) is 19.7 Å². The quantitative estimate of drug-likeness (QED) is 0.748. The summed E-state index contributed by atoms with van der Waals surface area (Å²) in [5.41, 5.74) is -1.09. The summed E-state index contributed by atoms with van der Waals surface area (Å²) in [5.74, 6) is -0.789. The highest BCUT2D eigenvalue weighted by atomic mass is 16.5. The van der Waals surface area contributed by atoms with Crippen LogP contribution in [0.5, 0.6) is 0 Å². The fourth-order valence-corrected chi connectivity index (χ4v) is 2.62. The van der Waals surface area contributed by atoms with Gasteiger partial charge in [-0.05, 0) is 38.5 Å². The zero-order valence-electron chi connectivity index (χ0n) is 10.9. The first-order valence-corrected chi connectivity index (χ1v) is 6.70. The van der Waals surface area contributed by atoms with Crippen molar-refractivity contribution in [2.45, 2.75) is 32.6 Å². The molecule has 0 aromatic heterocycles. The summed E-state index contributed by atoms with van der Waals surface area (Å²) >= 11 is 0. The molecule has 1 heterocycles. The van der Waals surface area contributed by atoms with Gasteiger partial charge in [-0.2, -0.15) is 0 Å². The van der Waals surface area contributed by atoms with E-state index < -0.39 is 11.4 Å². The average Bonchev–Trinajstić information content (AvgIpc) is 3.17. The summed E-state index contributed by atoms with van der Waals surface area (Å²) in [6.45, 7) is 4.64. The molecule has 1 saturated heterocycles. The largest absolute Gasteiger partial charge is 0.480 e. The predicted octanol–water partition coefficient (Wildman–Crippen LogP) is 1.13. The first-order chi connectivity index (χ1) is 8.60. The molecule has 2 aliphatic rings. The number of amides is 1. The Morgan fingerprint density at radius 1 is 1.44 bits per heavy atom. The number of hydrogen-bond acceptors (Lipinski definition) is 3. The smallest absolute Gasteiger partial charge is 0.319 e. The van der Waals surface area contributed by atoms with Gasteiger partial charge in [0.25, 0.3) is 0 Å². The third-order valence-electron chi connectivity index (χ3n) is 3.93. The number of carbonyl (C=O) groups excluding carboxylic acids is 1. The molecule has 1 atom stereocenters. The molecule has 1 saturated carbocycles. The lowest BCUT2D eigenvalue weighted by Crippen LogP contribution is -2.46. The number of aliphatic carboxylic acids is 1. The predicted molar refractivity (Wildman–Crippen MR) is 65.1 cm³/mol. The molecule has 0 spiro atoms. The molecule has 1 aliphatic carbocycles. The van der Waals surface area contributed by atoms with E-state index in [4.69, 9.17) is 9.84 Å². The minimum Gasteiger partial charge on any atom is -0.480 e. The number of ether oxygens (including phenoxy) is 1. The van der Waals surface area contributed by atoms with Gasteiger partial charge in [-0.15, -0.1) is 0 Å². The first-order valence-electron chi connectivity index (χ1n) is 6.70. The maximum Gasteiger partial charge on any atom is 0.319 e. The van der Waals surface area contributed by atoms with Crippen molar-refractivity contribution in [3.05, 3.63) is 0 Å². The van der Waals surface area contributed by atoms with Gasteiger partial charge in [-0.1, -0.05) is 0 Å². The van der Waals surface area contributed by atoms with Crippen LogP contribution in [0.2, 0.25) is 0 Å². The van der Waals surface area contributed by atoms with Gasteiger partial charge in [0.15, 0.2) is 0 Å². The lowest BCUT2D eigenvalue weighted by molar-refractivity contribution is -0.154. The monoisotopic (exact) mass is 255 g/mol. The first kappa shape index (κ1) is 13.3. The van der Waals surface area contributed by atoms with Gasteiger partial charge in [0.05, 0.1) is 6.61 Å². The standard InChI is InChI=1S/C13H21NO4/c1-2-18-9-10-4-3-7-14(8-10)11(15)13(5-6-13)12(16)17/h10H,2-9H2,1H3,(H,16,17)/t10-/m1/s1. The summed E-state index contributed by atoms with van der Waals surface area (Å²) in [6.07, 6.45) is 2.99. The Labute approximate surface area is 107 Å². The summed E-state index contributed by atoms with van der Waals surface area (Å²) in [7, 11) is 0. The molecule has 18 heavy (non-hydrogen) atoms. The van der Waals surface area contributed by atoms with Crippen molar-refractivity contribution in [3.63, 3.8) is 0 Å². The van der Waals surface area contributed by atoms with E-state index in [1.165, 1.54) is 0 Å². The van der Waals surface area contributed by atoms with Crippen LogP contribution in [0.15, 0.2) is 0 Å². The number of carboxylic acid groups (broad SMARTS) is 1. The van der Waals surface area contributed by atoms with Crippen LogP contribution in [0, 0.1) is 11.3 Å². The van der Waals surface area contributed by atoms with Gasteiger partial charge >= 0.3 is 5.97 Å². The van der Waals surface area contributed by atoms with Crippen molar-refractivity contribution >= 4 is 11.9 Å². The van der Waals surface area contributed by atoms with Crippen LogP contribution >= 0.6 is 0 Å². The van der Waals surface area contributed by atoms with Crippen LogP contribution in [0.3, 0.4) is 0 Å². The number of rotatable bonds is 5. The molecule has 0 aromatic carbocycles. The molecule has 1 N–H and O–H groups in total. The van der Waals surface area contributed by atoms with Crippen molar-refractivity contribution in [1.29, 1.82) is 0 Å².